The fourth-order valence-electron chi connectivity index (χ4n) is 4.32. The van der Waals surface area contributed by atoms with E-state index in [0.29, 0.717) is 31.0 Å². The summed E-state index contributed by atoms with van der Waals surface area (Å²) in [7, 11) is 0. The van der Waals surface area contributed by atoms with Crippen LogP contribution in [0.3, 0.4) is 0 Å². The fraction of sp³-hybridized carbons (Fsp3) is 0.346. The van der Waals surface area contributed by atoms with Crippen LogP contribution in [0.1, 0.15) is 25.0 Å². The van der Waals surface area contributed by atoms with E-state index in [9.17, 15) is 18.4 Å². The number of hydrogen-bond donors (Lipinski definition) is 1. The number of benzene rings is 2. The van der Waals surface area contributed by atoms with Gasteiger partial charge in [0.25, 0.3) is 0 Å². The second kappa shape index (κ2) is 9.82. The molecule has 1 aromatic heterocycles. The zero-order valence-electron chi connectivity index (χ0n) is 19.8. The Morgan fingerprint density at radius 2 is 1.94 bits per heavy atom. The molecule has 3 aromatic rings. The maximum absolute atomic E-state index is 13.0. The average molecular weight is 481 g/mol. The molecule has 0 bridgehead atoms. The summed E-state index contributed by atoms with van der Waals surface area (Å²) >= 11 is 0. The minimum absolute atomic E-state index is 0.0740. The lowest BCUT2D eigenvalue weighted by Gasteiger charge is -2.45. The minimum Gasteiger partial charge on any atom is -0.351 e. The molecular formula is C26H27F3N6. The monoisotopic (exact) mass is 480 g/mol. The number of para-hydroxylation sites is 1. The average Bonchev–Trinajstić information content (AvgIpc) is 2.83. The largest absolute Gasteiger partial charge is 0.416 e. The van der Waals surface area contributed by atoms with Gasteiger partial charge < -0.3 is 15.1 Å². The molecule has 0 saturated carbocycles. The van der Waals surface area contributed by atoms with Gasteiger partial charge >= 0.3 is 6.18 Å². The standard InChI is InChI=1S/C26H27F3N6/c1-17(2)23-16-34(25-15-31-22-14-19(26(27,28)29)8-9-21(22)33-25)12-13-35(23)24(10-11-30)32-20-7-5-4-6-18(20)3/h4-10,14-15,17,23,32H,12-13,16H2,1-3H3/b24-10-. The third-order valence-electron chi connectivity index (χ3n) is 6.29. The van der Waals surface area contributed by atoms with Crippen molar-refractivity contribution in [2.75, 3.05) is 29.9 Å². The molecule has 182 valence electrons. The Bertz CT molecular complexity index is 1280. The Morgan fingerprint density at radius 1 is 1.17 bits per heavy atom. The Morgan fingerprint density at radius 3 is 2.63 bits per heavy atom. The highest BCUT2D eigenvalue weighted by molar-refractivity contribution is 5.76. The molecule has 2 aromatic carbocycles. The Labute approximate surface area is 202 Å². The Kier molecular flexibility index (Phi) is 6.83. The van der Waals surface area contributed by atoms with E-state index in [-0.39, 0.29) is 17.5 Å². The first kappa shape index (κ1) is 24.3. The maximum atomic E-state index is 13.0. The molecule has 2 heterocycles. The zero-order chi connectivity index (χ0) is 25.2. The summed E-state index contributed by atoms with van der Waals surface area (Å²) in [6, 6.07) is 13.6. The van der Waals surface area contributed by atoms with E-state index in [4.69, 9.17) is 0 Å². The third kappa shape index (κ3) is 5.32. The number of nitrogens with one attached hydrogen (secondary N) is 1. The first-order valence-corrected chi connectivity index (χ1v) is 11.5. The van der Waals surface area contributed by atoms with Crippen LogP contribution < -0.4 is 10.2 Å². The number of anilines is 2. The summed E-state index contributed by atoms with van der Waals surface area (Å²) in [6.07, 6.45) is -1.35. The van der Waals surface area contributed by atoms with Crippen molar-refractivity contribution in [1.82, 2.24) is 14.9 Å². The highest BCUT2D eigenvalue weighted by Gasteiger charge is 2.33. The smallest absolute Gasteiger partial charge is 0.351 e. The molecule has 1 aliphatic rings. The van der Waals surface area contributed by atoms with Gasteiger partial charge in [0, 0.05) is 25.3 Å². The molecule has 1 saturated heterocycles. The predicted molar refractivity (Wildman–Crippen MR) is 131 cm³/mol. The van der Waals surface area contributed by atoms with Crippen LogP contribution in [0, 0.1) is 24.2 Å². The molecule has 4 rings (SSSR count). The molecule has 1 N–H and O–H groups in total. The summed E-state index contributed by atoms with van der Waals surface area (Å²) in [5.74, 6) is 1.63. The number of hydrogen-bond acceptors (Lipinski definition) is 6. The summed E-state index contributed by atoms with van der Waals surface area (Å²) < 4.78 is 39.1. The molecule has 6 nitrogen and oxygen atoms in total. The highest BCUT2D eigenvalue weighted by atomic mass is 19.4. The van der Waals surface area contributed by atoms with E-state index in [1.807, 2.05) is 31.2 Å². The topological polar surface area (TPSA) is 68.1 Å². The van der Waals surface area contributed by atoms with Crippen molar-refractivity contribution in [3.05, 3.63) is 71.7 Å². The first-order chi connectivity index (χ1) is 16.7. The number of halogens is 3. The number of aryl methyl sites for hydroxylation is 1. The summed E-state index contributed by atoms with van der Waals surface area (Å²) in [6.45, 7) is 8.18. The van der Waals surface area contributed by atoms with Gasteiger partial charge in [-0.15, -0.1) is 0 Å². The van der Waals surface area contributed by atoms with Gasteiger partial charge in [-0.25, -0.2) is 4.98 Å². The van der Waals surface area contributed by atoms with E-state index >= 15 is 0 Å². The summed E-state index contributed by atoms with van der Waals surface area (Å²) in [4.78, 5) is 13.2. The summed E-state index contributed by atoms with van der Waals surface area (Å²) in [5.41, 5.74) is 1.92. The maximum Gasteiger partial charge on any atom is 0.416 e. The molecule has 1 aliphatic heterocycles. The second-order valence-corrected chi connectivity index (χ2v) is 8.98. The van der Waals surface area contributed by atoms with Crippen molar-refractivity contribution < 1.29 is 13.2 Å². The number of piperazine rings is 1. The fourth-order valence-corrected chi connectivity index (χ4v) is 4.32. The van der Waals surface area contributed by atoms with Gasteiger partial charge in [-0.2, -0.15) is 18.4 Å². The van der Waals surface area contributed by atoms with Crippen LogP contribution in [-0.2, 0) is 6.18 Å². The molecule has 1 fully saturated rings. The Balaban J connectivity index is 1.58. The molecular weight excluding hydrogens is 453 g/mol. The molecule has 0 spiro atoms. The van der Waals surface area contributed by atoms with Crippen LogP contribution >= 0.6 is 0 Å². The number of nitrogens with zero attached hydrogens (tertiary/aromatic N) is 5. The number of nitriles is 1. The molecule has 1 unspecified atom stereocenters. The zero-order valence-corrected chi connectivity index (χ0v) is 19.8. The van der Waals surface area contributed by atoms with Crippen molar-refractivity contribution in [2.24, 2.45) is 5.92 Å². The predicted octanol–water partition coefficient (Wildman–Crippen LogP) is 5.58. The van der Waals surface area contributed by atoms with Crippen LogP contribution in [0.2, 0.25) is 0 Å². The van der Waals surface area contributed by atoms with E-state index in [0.717, 1.165) is 29.2 Å². The second-order valence-electron chi connectivity index (χ2n) is 8.98. The van der Waals surface area contributed by atoms with Gasteiger partial charge in [0.05, 0.1) is 41.0 Å². The molecule has 0 aliphatic carbocycles. The number of allylic oxidation sites excluding steroid dienone is 1. The lowest BCUT2D eigenvalue weighted by Crippen LogP contribution is -2.55. The van der Waals surface area contributed by atoms with Gasteiger partial charge in [0.1, 0.15) is 11.6 Å². The molecule has 35 heavy (non-hydrogen) atoms. The van der Waals surface area contributed by atoms with Gasteiger partial charge in [-0.1, -0.05) is 32.0 Å². The van der Waals surface area contributed by atoms with Crippen LogP contribution in [-0.4, -0.2) is 40.5 Å². The van der Waals surface area contributed by atoms with Gasteiger partial charge in [0.15, 0.2) is 0 Å². The number of aromatic nitrogens is 2. The quantitative estimate of drug-likeness (QED) is 0.481. The van der Waals surface area contributed by atoms with Crippen LogP contribution in [0.15, 0.2) is 60.6 Å². The van der Waals surface area contributed by atoms with E-state index in [1.54, 1.807) is 0 Å². The molecule has 1 atom stereocenters. The highest BCUT2D eigenvalue weighted by Crippen LogP contribution is 2.31. The SMILES string of the molecule is Cc1ccccc1N/C(=C/C#N)N1CCN(c2cnc3cc(C(F)(F)F)ccc3n2)CC1C(C)C. The number of alkyl halides is 3. The van der Waals surface area contributed by atoms with Gasteiger partial charge in [0.2, 0.25) is 0 Å². The Hall–Kier alpha value is -3.80. The molecule has 0 radical (unpaired) electrons. The first-order valence-electron chi connectivity index (χ1n) is 11.5. The summed E-state index contributed by atoms with van der Waals surface area (Å²) in [5, 5.41) is 12.9. The van der Waals surface area contributed by atoms with Crippen molar-refractivity contribution in [1.29, 1.82) is 5.26 Å². The van der Waals surface area contributed by atoms with Crippen molar-refractivity contribution in [3.63, 3.8) is 0 Å². The lowest BCUT2D eigenvalue weighted by molar-refractivity contribution is -0.137. The van der Waals surface area contributed by atoms with E-state index < -0.39 is 11.7 Å². The van der Waals surface area contributed by atoms with Crippen LogP contribution in [0.5, 0.6) is 0 Å². The molecule has 9 heteroatoms. The number of rotatable bonds is 5. The van der Waals surface area contributed by atoms with Crippen molar-refractivity contribution in [3.8, 4) is 6.07 Å². The minimum atomic E-state index is -4.42. The van der Waals surface area contributed by atoms with Crippen LogP contribution in [0.4, 0.5) is 24.7 Å². The van der Waals surface area contributed by atoms with Crippen LogP contribution in [0.25, 0.3) is 11.0 Å². The van der Waals surface area contributed by atoms with E-state index in [1.165, 1.54) is 18.3 Å². The normalized spacial score (nSPS) is 17.1. The lowest BCUT2D eigenvalue weighted by atomic mass is 9.99. The van der Waals surface area contributed by atoms with E-state index in [2.05, 4.69) is 45.0 Å². The van der Waals surface area contributed by atoms with Crippen molar-refractivity contribution in [2.45, 2.75) is 33.0 Å². The number of fused-ring (bicyclic) bond motifs is 1. The van der Waals surface area contributed by atoms with Gasteiger partial charge in [-0.05, 0) is 42.7 Å². The van der Waals surface area contributed by atoms with Gasteiger partial charge in [-0.3, -0.25) is 4.98 Å². The molecule has 0 amide bonds. The van der Waals surface area contributed by atoms with Crippen molar-refractivity contribution >= 4 is 22.5 Å². The third-order valence-corrected chi connectivity index (χ3v) is 6.29.